The molecule has 3 N–H and O–H groups in total. The number of sulfonamides is 1. The molecule has 0 aliphatic rings. The number of hydrogen-bond acceptors (Lipinski definition) is 5. The Kier molecular flexibility index (Phi) is 4.42. The minimum absolute atomic E-state index is 0.102. The van der Waals surface area contributed by atoms with Crippen molar-refractivity contribution >= 4 is 44.7 Å². The number of halogens is 1. The van der Waals surface area contributed by atoms with Crippen molar-refractivity contribution < 1.29 is 13.2 Å². The van der Waals surface area contributed by atoms with Crippen molar-refractivity contribution in [3.8, 4) is 0 Å². The molecule has 0 spiro atoms. The maximum absolute atomic E-state index is 11.8. The van der Waals surface area contributed by atoms with Crippen molar-refractivity contribution in [2.45, 2.75) is 4.34 Å². The van der Waals surface area contributed by atoms with Crippen LogP contribution in [0.5, 0.6) is 0 Å². The van der Waals surface area contributed by atoms with Crippen molar-refractivity contribution in [2.24, 2.45) is 17.2 Å². The molecule has 2 rings (SSSR count). The predicted octanol–water partition coefficient (Wildman–Crippen LogP) is 0.915. The lowest BCUT2D eigenvalue weighted by molar-refractivity contribution is 0.259. The lowest BCUT2D eigenvalue weighted by Gasteiger charge is -2.00. The molecule has 1 aromatic heterocycles. The predicted molar refractivity (Wildman–Crippen MR) is 78.5 cm³/mol. The van der Waals surface area contributed by atoms with E-state index in [2.05, 4.69) is 15.4 Å². The van der Waals surface area contributed by atoms with Crippen LogP contribution in [0.4, 0.5) is 10.5 Å². The molecule has 1 aromatic carbocycles. The molecule has 8 nitrogen and oxygen atoms in total. The number of nitrogens with one attached hydrogen (secondary N) is 1. The Morgan fingerprint density at radius 3 is 2.57 bits per heavy atom. The summed E-state index contributed by atoms with van der Waals surface area (Å²) in [6, 6.07) is 5.78. The second kappa shape index (κ2) is 5.93. The Balaban J connectivity index is 2.25. The number of aromatic nitrogens is 2. The SMILES string of the molecule is Cn1nc(S(N)(=O)=O)s/c1=N\C(=O)Nc1ccc(Cl)cc1. The summed E-state index contributed by atoms with van der Waals surface area (Å²) < 4.78 is 23.2. The molecular formula is C10H10ClN5O3S2. The van der Waals surface area contributed by atoms with Crippen LogP contribution in [0.3, 0.4) is 0 Å². The fourth-order valence-electron chi connectivity index (χ4n) is 1.31. The van der Waals surface area contributed by atoms with Crippen molar-refractivity contribution in [3.63, 3.8) is 0 Å². The first-order chi connectivity index (χ1) is 9.75. The summed E-state index contributed by atoms with van der Waals surface area (Å²) >= 11 is 6.43. The number of urea groups is 1. The molecule has 0 saturated carbocycles. The molecule has 11 heteroatoms. The Bertz CT molecular complexity index is 838. The van der Waals surface area contributed by atoms with Crippen molar-refractivity contribution in [1.29, 1.82) is 0 Å². The highest BCUT2D eigenvalue weighted by atomic mass is 35.5. The maximum Gasteiger partial charge on any atom is 0.348 e. The van der Waals surface area contributed by atoms with Crippen LogP contribution in [0.25, 0.3) is 0 Å². The smallest absolute Gasteiger partial charge is 0.306 e. The molecule has 0 aliphatic carbocycles. The average molecular weight is 348 g/mol. The Morgan fingerprint density at radius 1 is 1.43 bits per heavy atom. The maximum atomic E-state index is 11.8. The van der Waals surface area contributed by atoms with Crippen LogP contribution in [0.1, 0.15) is 0 Å². The van der Waals surface area contributed by atoms with E-state index in [0.29, 0.717) is 22.0 Å². The molecule has 0 saturated heterocycles. The number of carbonyl (C=O) groups excluding carboxylic acids is 1. The third-order valence-corrected chi connectivity index (χ3v) is 4.78. The fourth-order valence-corrected chi connectivity index (χ4v) is 2.98. The zero-order chi connectivity index (χ0) is 15.6. The number of nitrogens with zero attached hydrogens (tertiary/aromatic N) is 3. The first-order valence-corrected chi connectivity index (χ1v) is 8.18. The van der Waals surface area contributed by atoms with E-state index in [1.807, 2.05) is 0 Å². The van der Waals surface area contributed by atoms with Crippen LogP contribution in [0.2, 0.25) is 5.02 Å². The fraction of sp³-hybridized carbons (Fsp3) is 0.100. The second-order valence-corrected chi connectivity index (χ2v) is 7.00. The molecule has 21 heavy (non-hydrogen) atoms. The van der Waals surface area contributed by atoms with Crippen LogP contribution >= 0.6 is 22.9 Å². The van der Waals surface area contributed by atoms with E-state index < -0.39 is 16.1 Å². The first kappa shape index (κ1) is 15.6. The Hall–Kier alpha value is -1.75. The molecule has 0 fully saturated rings. The van der Waals surface area contributed by atoms with Crippen LogP contribution in [-0.2, 0) is 17.1 Å². The summed E-state index contributed by atoms with van der Waals surface area (Å²) in [6.07, 6.45) is 0. The third-order valence-electron chi connectivity index (χ3n) is 2.22. The molecule has 0 aliphatic heterocycles. The van der Waals surface area contributed by atoms with Crippen molar-refractivity contribution in [3.05, 3.63) is 34.1 Å². The third kappa shape index (κ3) is 4.11. The molecule has 0 atom stereocenters. The molecule has 2 amide bonds. The van der Waals surface area contributed by atoms with Gasteiger partial charge >= 0.3 is 6.03 Å². The topological polar surface area (TPSA) is 119 Å². The van der Waals surface area contributed by atoms with Gasteiger partial charge in [-0.2, -0.15) is 4.99 Å². The monoisotopic (exact) mass is 347 g/mol. The summed E-state index contributed by atoms with van der Waals surface area (Å²) in [5.41, 5.74) is 0.506. The summed E-state index contributed by atoms with van der Waals surface area (Å²) in [5.74, 6) is 0. The molecule has 0 radical (unpaired) electrons. The number of anilines is 1. The van der Waals surface area contributed by atoms with Gasteiger partial charge in [-0.15, -0.1) is 5.10 Å². The van der Waals surface area contributed by atoms with Gasteiger partial charge in [-0.1, -0.05) is 22.9 Å². The number of benzene rings is 1. The van der Waals surface area contributed by atoms with Crippen LogP contribution in [-0.4, -0.2) is 24.2 Å². The number of carbonyl (C=O) groups is 1. The standard InChI is InChI=1S/C10H10ClN5O3S2/c1-16-9(20-10(15-16)21(12,18)19)14-8(17)13-7-4-2-6(11)3-5-7/h2-5H,1H3,(H,13,17)(H2,12,18,19)/b14-9-. The van der Waals surface area contributed by atoms with E-state index in [4.69, 9.17) is 16.7 Å². The van der Waals surface area contributed by atoms with E-state index in [1.165, 1.54) is 7.05 Å². The number of amides is 2. The van der Waals surface area contributed by atoms with Gasteiger partial charge in [0.25, 0.3) is 10.0 Å². The highest BCUT2D eigenvalue weighted by Gasteiger charge is 2.14. The van der Waals surface area contributed by atoms with E-state index >= 15 is 0 Å². The lowest BCUT2D eigenvalue weighted by Crippen LogP contribution is -2.17. The summed E-state index contributed by atoms with van der Waals surface area (Å²) in [7, 11) is -2.47. The van der Waals surface area contributed by atoms with E-state index in [9.17, 15) is 13.2 Å². The van der Waals surface area contributed by atoms with Gasteiger partial charge in [0.15, 0.2) is 0 Å². The minimum Gasteiger partial charge on any atom is -0.306 e. The quantitative estimate of drug-likeness (QED) is 0.839. The minimum atomic E-state index is -3.92. The number of rotatable bonds is 2. The molecule has 0 unspecified atom stereocenters. The Labute approximate surface area is 128 Å². The zero-order valence-corrected chi connectivity index (χ0v) is 13.0. The largest absolute Gasteiger partial charge is 0.348 e. The molecular weight excluding hydrogens is 338 g/mol. The van der Waals surface area contributed by atoms with Crippen molar-refractivity contribution in [2.75, 3.05) is 5.32 Å². The van der Waals surface area contributed by atoms with Crippen molar-refractivity contribution in [1.82, 2.24) is 9.78 Å². The first-order valence-electron chi connectivity index (χ1n) is 5.44. The van der Waals surface area contributed by atoms with E-state index in [1.54, 1.807) is 24.3 Å². The van der Waals surface area contributed by atoms with Gasteiger partial charge in [0.2, 0.25) is 9.14 Å². The Morgan fingerprint density at radius 2 is 2.05 bits per heavy atom. The van der Waals surface area contributed by atoms with Gasteiger partial charge in [-0.25, -0.2) is 23.0 Å². The highest BCUT2D eigenvalue weighted by Crippen LogP contribution is 2.13. The van der Waals surface area contributed by atoms with Gasteiger partial charge < -0.3 is 5.32 Å². The second-order valence-electron chi connectivity index (χ2n) is 3.87. The number of nitrogens with two attached hydrogens (primary N) is 1. The molecule has 0 bridgehead atoms. The van der Waals surface area contributed by atoms with Crippen LogP contribution < -0.4 is 15.3 Å². The normalized spacial score (nSPS) is 12.4. The molecule has 112 valence electrons. The van der Waals surface area contributed by atoms with Gasteiger partial charge in [-0.05, 0) is 24.3 Å². The van der Waals surface area contributed by atoms with Gasteiger partial charge in [0.05, 0.1) is 0 Å². The zero-order valence-electron chi connectivity index (χ0n) is 10.6. The molecule has 2 aromatic rings. The van der Waals surface area contributed by atoms with Crippen LogP contribution in [0, 0.1) is 0 Å². The number of primary sulfonamides is 1. The number of hydrogen-bond donors (Lipinski definition) is 2. The lowest BCUT2D eigenvalue weighted by atomic mass is 10.3. The summed E-state index contributed by atoms with van der Waals surface area (Å²) in [5, 5.41) is 11.7. The van der Waals surface area contributed by atoms with Gasteiger partial charge in [-0.3, -0.25) is 0 Å². The highest BCUT2D eigenvalue weighted by molar-refractivity contribution is 7.91. The average Bonchev–Trinajstić information content (AvgIpc) is 2.74. The van der Waals surface area contributed by atoms with Crippen LogP contribution in [0.15, 0.2) is 33.6 Å². The van der Waals surface area contributed by atoms with E-state index in [-0.39, 0.29) is 9.14 Å². The molecule has 1 heterocycles. The van der Waals surface area contributed by atoms with Gasteiger partial charge in [0, 0.05) is 17.8 Å². The van der Waals surface area contributed by atoms with Gasteiger partial charge in [0.1, 0.15) is 0 Å². The summed E-state index contributed by atoms with van der Waals surface area (Å²) in [6.45, 7) is 0. The van der Waals surface area contributed by atoms with E-state index in [0.717, 1.165) is 4.68 Å². The number of aryl methyl sites for hydroxylation is 1. The summed E-state index contributed by atoms with van der Waals surface area (Å²) in [4.78, 5) is 15.6.